The normalized spacial score (nSPS) is 10.7. The summed E-state index contributed by atoms with van der Waals surface area (Å²) in [4.78, 5) is 24.0. The maximum absolute atomic E-state index is 13.6. The van der Waals surface area contributed by atoms with Gasteiger partial charge < -0.3 is 10.6 Å². The Morgan fingerprint density at radius 2 is 0.966 bits per heavy atom. The number of hydrogen-bond donors (Lipinski definition) is 2. The number of benzene rings is 2. The number of halogens is 6. The second kappa shape index (κ2) is 7.95. The van der Waals surface area contributed by atoms with E-state index in [1.54, 1.807) is 0 Å². The maximum atomic E-state index is 13.6. The molecule has 11 heteroatoms. The van der Waals surface area contributed by atoms with Gasteiger partial charge in [-0.25, -0.2) is 26.3 Å². The quantitative estimate of drug-likeness (QED) is 0.448. The maximum Gasteiger partial charge on any atom is 0.265 e. The van der Waals surface area contributed by atoms with Gasteiger partial charge in [0.05, 0.1) is 21.1 Å². The third-order valence-corrected chi connectivity index (χ3v) is 4.70. The molecule has 2 N–H and O–H groups in total. The Kier molecular flexibility index (Phi) is 5.59. The highest BCUT2D eigenvalue weighted by Gasteiger charge is 2.20. The number of thiophene rings is 1. The number of amides is 2. The monoisotopic (exact) mass is 430 g/mol. The number of carbonyl (C=O) groups is 2. The standard InChI is InChI=1S/C18H8F6N2O2S/c19-7-1-3-9(15(23)13(7)21)25-17(27)11-5-6-12(29-11)18(28)26-10-4-2-8(20)14(22)16(10)24/h1-6H,(H,25,27)(H,26,28). The fourth-order valence-corrected chi connectivity index (χ4v) is 2.99. The Hall–Kier alpha value is -3.34. The predicted octanol–water partition coefficient (Wildman–Crippen LogP) is 5.09. The number of hydrogen-bond acceptors (Lipinski definition) is 3. The molecular weight excluding hydrogens is 422 g/mol. The zero-order valence-electron chi connectivity index (χ0n) is 14.0. The van der Waals surface area contributed by atoms with Crippen LogP contribution >= 0.6 is 11.3 Å². The molecule has 1 heterocycles. The van der Waals surface area contributed by atoms with Crippen molar-refractivity contribution in [2.45, 2.75) is 0 Å². The van der Waals surface area contributed by atoms with Gasteiger partial charge in [0.25, 0.3) is 11.8 Å². The fraction of sp³-hybridized carbons (Fsp3) is 0. The highest BCUT2D eigenvalue weighted by molar-refractivity contribution is 7.16. The van der Waals surface area contributed by atoms with Gasteiger partial charge in [0, 0.05) is 0 Å². The van der Waals surface area contributed by atoms with Gasteiger partial charge in [-0.05, 0) is 36.4 Å². The fourth-order valence-electron chi connectivity index (χ4n) is 2.19. The molecule has 0 atom stereocenters. The minimum Gasteiger partial charge on any atom is -0.319 e. The smallest absolute Gasteiger partial charge is 0.265 e. The largest absolute Gasteiger partial charge is 0.319 e. The van der Waals surface area contributed by atoms with Gasteiger partial charge in [-0.15, -0.1) is 11.3 Å². The molecule has 3 aromatic rings. The molecule has 3 rings (SSSR count). The zero-order chi connectivity index (χ0) is 21.3. The van der Waals surface area contributed by atoms with Crippen LogP contribution in [0.5, 0.6) is 0 Å². The van der Waals surface area contributed by atoms with Crippen molar-refractivity contribution in [3.63, 3.8) is 0 Å². The Balaban J connectivity index is 1.75. The Morgan fingerprint density at radius 1 is 0.586 bits per heavy atom. The summed E-state index contributed by atoms with van der Waals surface area (Å²) < 4.78 is 79.5. The molecule has 2 aromatic carbocycles. The Morgan fingerprint density at radius 3 is 1.34 bits per heavy atom. The second-order valence-corrected chi connectivity index (χ2v) is 6.60. The minimum atomic E-state index is -1.76. The van der Waals surface area contributed by atoms with E-state index in [0.29, 0.717) is 23.5 Å². The summed E-state index contributed by atoms with van der Waals surface area (Å²) in [6, 6.07) is 5.23. The van der Waals surface area contributed by atoms with Crippen molar-refractivity contribution in [2.75, 3.05) is 10.6 Å². The molecule has 2 amide bonds. The third kappa shape index (κ3) is 4.09. The van der Waals surface area contributed by atoms with E-state index in [2.05, 4.69) is 0 Å². The van der Waals surface area contributed by atoms with Gasteiger partial charge in [0.2, 0.25) is 0 Å². The average Bonchev–Trinajstić information content (AvgIpc) is 3.19. The summed E-state index contributed by atoms with van der Waals surface area (Å²) in [5.41, 5.74) is -1.23. The van der Waals surface area contributed by atoms with Crippen molar-refractivity contribution >= 4 is 34.5 Å². The SMILES string of the molecule is O=C(Nc1ccc(F)c(F)c1F)c1ccc(C(=O)Nc2ccc(F)c(F)c2F)s1. The van der Waals surface area contributed by atoms with Crippen molar-refractivity contribution in [2.24, 2.45) is 0 Å². The molecule has 29 heavy (non-hydrogen) atoms. The van der Waals surface area contributed by atoms with Gasteiger partial charge in [-0.3, -0.25) is 9.59 Å². The molecule has 4 nitrogen and oxygen atoms in total. The van der Waals surface area contributed by atoms with Crippen molar-refractivity contribution < 1.29 is 35.9 Å². The Bertz CT molecular complexity index is 1050. The predicted molar refractivity (Wildman–Crippen MR) is 92.9 cm³/mol. The van der Waals surface area contributed by atoms with Crippen LogP contribution in [0.15, 0.2) is 36.4 Å². The van der Waals surface area contributed by atoms with Crippen LogP contribution in [0.3, 0.4) is 0 Å². The van der Waals surface area contributed by atoms with Crippen LogP contribution < -0.4 is 10.6 Å². The van der Waals surface area contributed by atoms with Gasteiger partial charge in [0.15, 0.2) is 34.9 Å². The van der Waals surface area contributed by atoms with Crippen LogP contribution in [0.4, 0.5) is 37.7 Å². The first-order valence-electron chi connectivity index (χ1n) is 7.68. The molecule has 0 saturated heterocycles. The number of anilines is 2. The second-order valence-electron chi connectivity index (χ2n) is 5.52. The van der Waals surface area contributed by atoms with E-state index < -0.39 is 58.1 Å². The van der Waals surface area contributed by atoms with Crippen molar-refractivity contribution in [1.29, 1.82) is 0 Å². The highest BCUT2D eigenvalue weighted by Crippen LogP contribution is 2.24. The van der Waals surface area contributed by atoms with E-state index in [4.69, 9.17) is 0 Å². The van der Waals surface area contributed by atoms with Crippen LogP contribution in [-0.2, 0) is 0 Å². The van der Waals surface area contributed by atoms with Crippen LogP contribution in [0.2, 0.25) is 0 Å². The van der Waals surface area contributed by atoms with Gasteiger partial charge >= 0.3 is 0 Å². The van der Waals surface area contributed by atoms with E-state index in [1.165, 1.54) is 12.1 Å². The molecule has 0 spiro atoms. The molecule has 0 unspecified atom stereocenters. The first-order valence-corrected chi connectivity index (χ1v) is 8.50. The summed E-state index contributed by atoms with van der Waals surface area (Å²) in [5.74, 6) is -11.4. The van der Waals surface area contributed by atoms with E-state index in [-0.39, 0.29) is 9.75 Å². The van der Waals surface area contributed by atoms with Gasteiger partial charge in [-0.2, -0.15) is 0 Å². The summed E-state index contributed by atoms with van der Waals surface area (Å²) >= 11 is 0.609. The lowest BCUT2D eigenvalue weighted by Crippen LogP contribution is -2.13. The van der Waals surface area contributed by atoms with Crippen LogP contribution in [0, 0.1) is 34.9 Å². The van der Waals surface area contributed by atoms with E-state index in [1.807, 2.05) is 10.6 Å². The molecule has 0 radical (unpaired) electrons. The van der Waals surface area contributed by atoms with E-state index >= 15 is 0 Å². The highest BCUT2D eigenvalue weighted by atomic mass is 32.1. The minimum absolute atomic E-state index is 0.106. The van der Waals surface area contributed by atoms with Crippen LogP contribution in [0.25, 0.3) is 0 Å². The number of nitrogens with one attached hydrogen (secondary N) is 2. The molecule has 1 aromatic heterocycles. The molecule has 0 saturated carbocycles. The summed E-state index contributed by atoms with van der Waals surface area (Å²) in [5, 5.41) is 4.05. The zero-order valence-corrected chi connectivity index (χ0v) is 14.8. The third-order valence-electron chi connectivity index (χ3n) is 3.62. The molecule has 0 aliphatic heterocycles. The first-order chi connectivity index (χ1) is 13.7. The molecule has 0 aliphatic rings. The molecule has 0 aliphatic carbocycles. The topological polar surface area (TPSA) is 58.2 Å². The summed E-state index contributed by atoms with van der Waals surface area (Å²) in [7, 11) is 0. The van der Waals surface area contributed by atoms with Crippen molar-refractivity contribution in [3.8, 4) is 0 Å². The molecule has 150 valence electrons. The lowest BCUT2D eigenvalue weighted by Gasteiger charge is -2.06. The lowest BCUT2D eigenvalue weighted by molar-refractivity contribution is 0.102. The molecule has 0 bridgehead atoms. The number of carbonyl (C=O) groups excluding carboxylic acids is 2. The summed E-state index contributed by atoms with van der Waals surface area (Å²) in [6.07, 6.45) is 0. The average molecular weight is 430 g/mol. The van der Waals surface area contributed by atoms with E-state index in [0.717, 1.165) is 12.1 Å². The molecular formula is C18H8F6N2O2S. The molecule has 0 fully saturated rings. The first kappa shape index (κ1) is 20.4. The number of rotatable bonds is 4. The van der Waals surface area contributed by atoms with Crippen molar-refractivity contribution in [3.05, 3.63) is 81.1 Å². The van der Waals surface area contributed by atoms with Gasteiger partial charge in [-0.1, -0.05) is 0 Å². The van der Waals surface area contributed by atoms with Gasteiger partial charge in [0.1, 0.15) is 0 Å². The lowest BCUT2D eigenvalue weighted by atomic mass is 10.2. The van der Waals surface area contributed by atoms with Crippen LogP contribution in [0.1, 0.15) is 19.3 Å². The Labute approximate surface area is 162 Å². The summed E-state index contributed by atoms with van der Waals surface area (Å²) in [6.45, 7) is 0. The van der Waals surface area contributed by atoms with Crippen molar-refractivity contribution in [1.82, 2.24) is 0 Å². The van der Waals surface area contributed by atoms with Crippen LogP contribution in [-0.4, -0.2) is 11.8 Å². The van der Waals surface area contributed by atoms with E-state index in [9.17, 15) is 35.9 Å².